The van der Waals surface area contributed by atoms with Gasteiger partial charge in [-0.1, -0.05) is 11.6 Å². The Morgan fingerprint density at radius 2 is 2.00 bits per heavy atom. The summed E-state index contributed by atoms with van der Waals surface area (Å²) in [6.07, 6.45) is 1.71. The molecule has 0 spiro atoms. The number of nitrogens with one attached hydrogen (secondary N) is 1. The van der Waals surface area contributed by atoms with Gasteiger partial charge in [0.2, 0.25) is 0 Å². The van der Waals surface area contributed by atoms with E-state index in [-0.39, 0.29) is 0 Å². The number of hydrogen-bond acceptors (Lipinski definition) is 4. The van der Waals surface area contributed by atoms with Gasteiger partial charge in [0.15, 0.2) is 0 Å². The van der Waals surface area contributed by atoms with Crippen LogP contribution in [0.4, 0.5) is 17.1 Å². The minimum Gasteiger partial charge on any atom is -0.397 e. The smallest absolute Gasteiger partial charge is 0.0992 e. The zero-order chi connectivity index (χ0) is 14.8. The number of pyridine rings is 1. The van der Waals surface area contributed by atoms with Crippen LogP contribution in [0.1, 0.15) is 5.56 Å². The monoisotopic (exact) mass is 294 g/mol. The van der Waals surface area contributed by atoms with Crippen molar-refractivity contribution in [3.8, 4) is 6.07 Å². The Morgan fingerprint density at radius 3 is 2.81 bits per heavy atom. The molecule has 1 aromatic heterocycles. The van der Waals surface area contributed by atoms with E-state index < -0.39 is 0 Å². The van der Waals surface area contributed by atoms with Crippen molar-refractivity contribution in [2.24, 2.45) is 0 Å². The average molecular weight is 295 g/mol. The van der Waals surface area contributed by atoms with E-state index in [1.165, 1.54) is 0 Å². The number of nitrogen functional groups attached to an aromatic ring is 1. The van der Waals surface area contributed by atoms with Crippen LogP contribution in [0.25, 0.3) is 10.9 Å². The molecule has 1 heterocycles. The van der Waals surface area contributed by atoms with Crippen molar-refractivity contribution < 1.29 is 0 Å². The first-order valence-electron chi connectivity index (χ1n) is 6.29. The molecule has 21 heavy (non-hydrogen) atoms. The summed E-state index contributed by atoms with van der Waals surface area (Å²) in [5.41, 5.74) is 9.27. The fourth-order valence-electron chi connectivity index (χ4n) is 2.12. The molecule has 4 nitrogen and oxygen atoms in total. The molecule has 0 aliphatic rings. The Morgan fingerprint density at radius 1 is 1.14 bits per heavy atom. The number of hydrogen-bond donors (Lipinski definition) is 2. The lowest BCUT2D eigenvalue weighted by Crippen LogP contribution is -1.98. The van der Waals surface area contributed by atoms with E-state index in [1.54, 1.807) is 30.5 Å². The molecule has 3 N–H and O–H groups in total. The van der Waals surface area contributed by atoms with E-state index >= 15 is 0 Å². The van der Waals surface area contributed by atoms with Gasteiger partial charge in [-0.15, -0.1) is 0 Å². The van der Waals surface area contributed by atoms with Crippen LogP contribution in [-0.4, -0.2) is 4.98 Å². The van der Waals surface area contributed by atoms with E-state index in [0.717, 1.165) is 16.6 Å². The minimum atomic E-state index is 0.540. The number of halogens is 1. The highest BCUT2D eigenvalue weighted by atomic mass is 35.5. The van der Waals surface area contributed by atoms with Gasteiger partial charge in [-0.25, -0.2) is 0 Å². The highest BCUT2D eigenvalue weighted by molar-refractivity contribution is 6.35. The molecule has 0 aliphatic heterocycles. The van der Waals surface area contributed by atoms with E-state index in [4.69, 9.17) is 22.6 Å². The quantitative estimate of drug-likeness (QED) is 0.698. The molecule has 2 aromatic carbocycles. The molecule has 0 radical (unpaired) electrons. The molecule has 0 saturated carbocycles. The molecule has 5 heteroatoms. The molecule has 3 rings (SSSR count). The van der Waals surface area contributed by atoms with Crippen molar-refractivity contribution in [1.82, 2.24) is 4.98 Å². The van der Waals surface area contributed by atoms with Gasteiger partial charge in [0.05, 0.1) is 39.2 Å². The number of aromatic nitrogens is 1. The highest BCUT2D eigenvalue weighted by Crippen LogP contribution is 2.31. The van der Waals surface area contributed by atoms with Crippen molar-refractivity contribution in [3.63, 3.8) is 0 Å². The lowest BCUT2D eigenvalue weighted by atomic mass is 10.1. The Bertz CT molecular complexity index is 868. The summed E-state index contributed by atoms with van der Waals surface area (Å²) in [6, 6.07) is 14.6. The number of nitrogens with zero attached hydrogens (tertiary/aromatic N) is 2. The van der Waals surface area contributed by atoms with Gasteiger partial charge in [0.25, 0.3) is 0 Å². The Hall–Kier alpha value is -2.77. The zero-order valence-electron chi connectivity index (χ0n) is 11.0. The Balaban J connectivity index is 2.11. The third kappa shape index (κ3) is 2.47. The molecule has 0 amide bonds. The molecular weight excluding hydrogens is 284 g/mol. The van der Waals surface area contributed by atoms with Crippen molar-refractivity contribution >= 4 is 39.6 Å². The molecule has 3 aromatic rings. The fourth-order valence-corrected chi connectivity index (χ4v) is 2.33. The second-order valence-electron chi connectivity index (χ2n) is 4.53. The maximum atomic E-state index is 8.98. The number of nitriles is 1. The molecule has 0 saturated heterocycles. The van der Waals surface area contributed by atoms with Crippen LogP contribution in [0.2, 0.25) is 5.02 Å². The van der Waals surface area contributed by atoms with E-state index in [1.807, 2.05) is 18.2 Å². The van der Waals surface area contributed by atoms with Gasteiger partial charge in [0, 0.05) is 11.6 Å². The Labute approximate surface area is 126 Å². The zero-order valence-corrected chi connectivity index (χ0v) is 11.7. The summed E-state index contributed by atoms with van der Waals surface area (Å²) in [5, 5.41) is 13.7. The van der Waals surface area contributed by atoms with Crippen LogP contribution in [-0.2, 0) is 0 Å². The number of rotatable bonds is 2. The largest absolute Gasteiger partial charge is 0.397 e. The van der Waals surface area contributed by atoms with Gasteiger partial charge >= 0.3 is 0 Å². The van der Waals surface area contributed by atoms with Gasteiger partial charge in [-0.05, 0) is 42.5 Å². The highest BCUT2D eigenvalue weighted by Gasteiger charge is 2.08. The average Bonchev–Trinajstić information content (AvgIpc) is 2.52. The van der Waals surface area contributed by atoms with Crippen LogP contribution < -0.4 is 11.1 Å². The third-order valence-corrected chi connectivity index (χ3v) is 3.50. The maximum absolute atomic E-state index is 8.98. The number of nitrogens with two attached hydrogens (primary N) is 1. The summed E-state index contributed by atoms with van der Waals surface area (Å²) in [7, 11) is 0. The van der Waals surface area contributed by atoms with Crippen molar-refractivity contribution in [2.45, 2.75) is 0 Å². The summed E-state index contributed by atoms with van der Waals surface area (Å²) in [4.78, 5) is 4.36. The van der Waals surface area contributed by atoms with Gasteiger partial charge in [-0.2, -0.15) is 5.26 Å². The molecule has 0 atom stereocenters. The lowest BCUT2D eigenvalue weighted by Gasteiger charge is -2.12. The first kappa shape index (κ1) is 13.2. The lowest BCUT2D eigenvalue weighted by molar-refractivity contribution is 1.40. The van der Waals surface area contributed by atoms with Crippen molar-refractivity contribution in [3.05, 3.63) is 59.2 Å². The topological polar surface area (TPSA) is 74.7 Å². The standard InChI is InChI=1S/C16H11ClN4/c17-12-4-6-14(16-11(12)2-1-7-20-16)21-15-8-10(9-18)3-5-13(15)19/h1-8,21H,19H2. The summed E-state index contributed by atoms with van der Waals surface area (Å²) >= 11 is 6.18. The van der Waals surface area contributed by atoms with Crippen LogP contribution >= 0.6 is 11.6 Å². The third-order valence-electron chi connectivity index (χ3n) is 3.17. The second-order valence-corrected chi connectivity index (χ2v) is 4.94. The number of anilines is 3. The molecule has 0 bridgehead atoms. The number of fused-ring (bicyclic) bond motifs is 1. The molecular formula is C16H11ClN4. The molecule has 102 valence electrons. The van der Waals surface area contributed by atoms with Gasteiger partial charge in [0.1, 0.15) is 0 Å². The summed E-state index contributed by atoms with van der Waals surface area (Å²) in [5.74, 6) is 0. The van der Waals surface area contributed by atoms with E-state index in [0.29, 0.717) is 22.0 Å². The normalized spacial score (nSPS) is 10.3. The van der Waals surface area contributed by atoms with Crippen LogP contribution in [0.15, 0.2) is 48.7 Å². The van der Waals surface area contributed by atoms with Crippen molar-refractivity contribution in [2.75, 3.05) is 11.1 Å². The van der Waals surface area contributed by atoms with Gasteiger partial charge < -0.3 is 11.1 Å². The maximum Gasteiger partial charge on any atom is 0.0992 e. The summed E-state index contributed by atoms with van der Waals surface area (Å²) < 4.78 is 0. The minimum absolute atomic E-state index is 0.540. The van der Waals surface area contributed by atoms with Crippen LogP contribution in [0.3, 0.4) is 0 Å². The molecule has 0 fully saturated rings. The second kappa shape index (κ2) is 5.31. The fraction of sp³-hybridized carbons (Fsp3) is 0. The molecule has 0 aliphatic carbocycles. The first-order valence-corrected chi connectivity index (χ1v) is 6.67. The molecule has 0 unspecified atom stereocenters. The SMILES string of the molecule is N#Cc1ccc(N)c(Nc2ccc(Cl)c3cccnc23)c1. The van der Waals surface area contributed by atoms with E-state index in [9.17, 15) is 0 Å². The first-order chi connectivity index (χ1) is 10.2. The Kier molecular flexibility index (Phi) is 3.35. The predicted molar refractivity (Wildman–Crippen MR) is 85.6 cm³/mol. The number of benzene rings is 2. The van der Waals surface area contributed by atoms with Crippen LogP contribution in [0.5, 0.6) is 0 Å². The predicted octanol–water partition coefficient (Wildman–Crippen LogP) is 4.09. The van der Waals surface area contributed by atoms with Crippen molar-refractivity contribution in [1.29, 1.82) is 5.26 Å². The van der Waals surface area contributed by atoms with Crippen LogP contribution in [0, 0.1) is 11.3 Å². The summed E-state index contributed by atoms with van der Waals surface area (Å²) in [6.45, 7) is 0. The van der Waals surface area contributed by atoms with Gasteiger partial charge in [-0.3, -0.25) is 4.98 Å². The van der Waals surface area contributed by atoms with E-state index in [2.05, 4.69) is 16.4 Å².